The van der Waals surface area contributed by atoms with Crippen molar-refractivity contribution >= 4 is 29.0 Å². The molecule has 1 spiro atoms. The fourth-order valence-electron chi connectivity index (χ4n) is 3.37. The third-order valence-electron chi connectivity index (χ3n) is 4.60. The molecule has 2 aromatic heterocycles. The number of thioether (sulfide) groups is 1. The number of aromatic nitrogens is 1. The maximum Gasteiger partial charge on any atom is 0.254 e. The number of carbonyl (C=O) groups excluding carboxylic acids is 1. The van der Waals surface area contributed by atoms with Crippen molar-refractivity contribution in [2.24, 2.45) is 0 Å². The molecule has 4 rings (SSSR count). The molecule has 4 heterocycles. The van der Waals surface area contributed by atoms with Crippen LogP contribution in [0.25, 0.3) is 0 Å². The lowest BCUT2D eigenvalue weighted by Crippen LogP contribution is -2.60. The number of nitrogens with zero attached hydrogens (tertiary/aromatic N) is 2. The van der Waals surface area contributed by atoms with E-state index in [2.05, 4.69) is 4.98 Å². The third kappa shape index (κ3) is 3.23. The van der Waals surface area contributed by atoms with Crippen molar-refractivity contribution < 1.29 is 9.53 Å². The van der Waals surface area contributed by atoms with Gasteiger partial charge in [0.05, 0.1) is 28.7 Å². The van der Waals surface area contributed by atoms with Crippen LogP contribution < -0.4 is 0 Å². The zero-order valence-electron chi connectivity index (χ0n) is 13.6. The van der Waals surface area contributed by atoms with Crippen molar-refractivity contribution in [3.05, 3.63) is 52.0 Å². The van der Waals surface area contributed by atoms with E-state index in [0.717, 1.165) is 42.2 Å². The number of likely N-dealkylation sites (tertiary alicyclic amines) is 1. The third-order valence-corrected chi connectivity index (χ3v) is 6.86. The van der Waals surface area contributed by atoms with E-state index in [4.69, 9.17) is 4.74 Å². The second-order valence-corrected chi connectivity index (χ2v) is 8.84. The molecule has 2 saturated heterocycles. The Hall–Kier alpha value is -1.37. The van der Waals surface area contributed by atoms with Gasteiger partial charge in [-0.05, 0) is 36.9 Å². The largest absolute Gasteiger partial charge is 0.371 e. The van der Waals surface area contributed by atoms with E-state index in [1.54, 1.807) is 11.3 Å². The maximum atomic E-state index is 12.3. The summed E-state index contributed by atoms with van der Waals surface area (Å²) in [6.45, 7) is 4.25. The van der Waals surface area contributed by atoms with Crippen LogP contribution in [0.15, 0.2) is 35.0 Å². The van der Waals surface area contributed by atoms with Gasteiger partial charge in [0.1, 0.15) is 0 Å². The van der Waals surface area contributed by atoms with Gasteiger partial charge >= 0.3 is 0 Å². The lowest BCUT2D eigenvalue weighted by molar-refractivity contribution is 0.0245. The molecule has 1 atom stereocenters. The molecule has 0 unspecified atom stereocenters. The number of rotatable bonds is 4. The maximum absolute atomic E-state index is 12.3. The molecular weight excluding hydrogens is 340 g/mol. The van der Waals surface area contributed by atoms with E-state index in [-0.39, 0.29) is 16.8 Å². The molecule has 2 aliphatic rings. The highest BCUT2D eigenvalue weighted by Crippen LogP contribution is 2.46. The Balaban J connectivity index is 1.28. The molecule has 0 N–H and O–H groups in total. The number of amides is 1. The van der Waals surface area contributed by atoms with E-state index in [9.17, 15) is 4.79 Å². The predicted octanol–water partition coefficient (Wildman–Crippen LogP) is 3.37. The summed E-state index contributed by atoms with van der Waals surface area (Å²) in [6, 6.07) is 7.93. The summed E-state index contributed by atoms with van der Waals surface area (Å²) in [4.78, 5) is 18.8. The molecule has 2 fully saturated rings. The molecule has 0 bridgehead atoms. The van der Waals surface area contributed by atoms with Gasteiger partial charge in [0.2, 0.25) is 0 Å². The molecule has 0 aliphatic carbocycles. The van der Waals surface area contributed by atoms with Gasteiger partial charge in [-0.1, -0.05) is 6.07 Å². The Morgan fingerprint density at radius 1 is 1.42 bits per heavy atom. The van der Waals surface area contributed by atoms with Crippen LogP contribution in [-0.4, -0.2) is 45.5 Å². The molecule has 2 aliphatic heterocycles. The van der Waals surface area contributed by atoms with Gasteiger partial charge < -0.3 is 9.64 Å². The first kappa shape index (κ1) is 16.1. The number of ether oxygens (including phenoxy) is 1. The smallest absolute Gasteiger partial charge is 0.254 e. The minimum absolute atomic E-state index is 0.163. The molecular formula is C18H20N2O2S2. The van der Waals surface area contributed by atoms with Crippen molar-refractivity contribution in [2.75, 3.05) is 18.8 Å². The summed E-state index contributed by atoms with van der Waals surface area (Å²) in [5.74, 6) is 1.17. The quantitative estimate of drug-likeness (QED) is 0.838. The molecule has 0 saturated carbocycles. The minimum Gasteiger partial charge on any atom is -0.371 e. The van der Waals surface area contributed by atoms with Crippen molar-refractivity contribution in [3.8, 4) is 0 Å². The number of thiophene rings is 1. The van der Waals surface area contributed by atoms with Gasteiger partial charge in [0.15, 0.2) is 0 Å². The zero-order chi connectivity index (χ0) is 16.6. The Labute approximate surface area is 150 Å². The highest BCUT2D eigenvalue weighted by atomic mass is 32.2. The summed E-state index contributed by atoms with van der Waals surface area (Å²) in [5.41, 5.74) is 2.83. The highest BCUT2D eigenvalue weighted by molar-refractivity contribution is 8.01. The standard InChI is InChI=1S/C18H20N2O2S2/c1-13-3-2-4-15(19-13)8-22-16-7-18(24-10-16)11-20(12-18)17(21)14-5-6-23-9-14/h2-6,9,16H,7-8,10-12H2,1H3/t16-/m0/s1. The first-order chi connectivity index (χ1) is 11.6. The van der Waals surface area contributed by atoms with Crippen LogP contribution in [0.2, 0.25) is 0 Å². The van der Waals surface area contributed by atoms with Gasteiger partial charge in [-0.3, -0.25) is 9.78 Å². The monoisotopic (exact) mass is 360 g/mol. The lowest BCUT2D eigenvalue weighted by Gasteiger charge is -2.47. The van der Waals surface area contributed by atoms with Gasteiger partial charge in [0, 0.05) is 29.9 Å². The van der Waals surface area contributed by atoms with Crippen LogP contribution in [0, 0.1) is 6.92 Å². The second kappa shape index (κ2) is 6.50. The SMILES string of the molecule is Cc1cccc(CO[C@@H]2CSC3(C2)CN(C(=O)c2ccsc2)C3)n1. The summed E-state index contributed by atoms with van der Waals surface area (Å²) >= 11 is 3.53. The fraction of sp³-hybridized carbons (Fsp3) is 0.444. The number of aryl methyl sites for hydroxylation is 1. The van der Waals surface area contributed by atoms with Crippen molar-refractivity contribution in [2.45, 2.75) is 30.8 Å². The number of hydrogen-bond donors (Lipinski definition) is 0. The Morgan fingerprint density at radius 2 is 2.29 bits per heavy atom. The highest BCUT2D eigenvalue weighted by Gasteiger charge is 2.51. The van der Waals surface area contributed by atoms with Gasteiger partial charge in [-0.15, -0.1) is 11.8 Å². The fourth-order valence-corrected chi connectivity index (χ4v) is 5.56. The van der Waals surface area contributed by atoms with E-state index >= 15 is 0 Å². The van der Waals surface area contributed by atoms with Crippen LogP contribution >= 0.6 is 23.1 Å². The number of carbonyl (C=O) groups is 1. The first-order valence-corrected chi connectivity index (χ1v) is 10.1. The first-order valence-electron chi connectivity index (χ1n) is 8.13. The van der Waals surface area contributed by atoms with Crippen LogP contribution in [0.5, 0.6) is 0 Å². The van der Waals surface area contributed by atoms with Gasteiger partial charge in [-0.25, -0.2) is 0 Å². The summed E-state index contributed by atoms with van der Waals surface area (Å²) in [6.07, 6.45) is 1.28. The minimum atomic E-state index is 0.163. The van der Waals surface area contributed by atoms with Crippen molar-refractivity contribution in [1.82, 2.24) is 9.88 Å². The molecule has 2 aromatic rings. The molecule has 4 nitrogen and oxygen atoms in total. The molecule has 6 heteroatoms. The van der Waals surface area contributed by atoms with E-state index in [1.165, 1.54) is 0 Å². The Bertz CT molecular complexity index is 726. The van der Waals surface area contributed by atoms with Crippen LogP contribution in [0.1, 0.15) is 28.2 Å². The normalized spacial score (nSPS) is 21.9. The van der Waals surface area contributed by atoms with Crippen molar-refractivity contribution in [1.29, 1.82) is 0 Å². The van der Waals surface area contributed by atoms with E-state index < -0.39 is 0 Å². The molecule has 24 heavy (non-hydrogen) atoms. The Kier molecular flexibility index (Phi) is 4.37. The van der Waals surface area contributed by atoms with Crippen LogP contribution in [0.4, 0.5) is 0 Å². The average molecular weight is 361 g/mol. The summed E-state index contributed by atoms with van der Waals surface area (Å²) in [7, 11) is 0. The summed E-state index contributed by atoms with van der Waals surface area (Å²) in [5, 5.41) is 3.88. The van der Waals surface area contributed by atoms with E-state index in [1.807, 2.05) is 58.6 Å². The lowest BCUT2D eigenvalue weighted by atomic mass is 9.92. The predicted molar refractivity (Wildman–Crippen MR) is 97.6 cm³/mol. The van der Waals surface area contributed by atoms with Crippen molar-refractivity contribution in [3.63, 3.8) is 0 Å². The van der Waals surface area contributed by atoms with Crippen LogP contribution in [-0.2, 0) is 11.3 Å². The molecule has 126 valence electrons. The molecule has 0 radical (unpaired) electrons. The molecule has 0 aromatic carbocycles. The van der Waals surface area contributed by atoms with E-state index in [0.29, 0.717) is 6.61 Å². The second-order valence-electron chi connectivity index (χ2n) is 6.57. The average Bonchev–Trinajstić information content (AvgIpc) is 3.21. The number of pyridine rings is 1. The topological polar surface area (TPSA) is 42.4 Å². The van der Waals surface area contributed by atoms with Gasteiger partial charge in [-0.2, -0.15) is 11.3 Å². The summed E-state index contributed by atoms with van der Waals surface area (Å²) < 4.78 is 6.26. The van der Waals surface area contributed by atoms with Crippen LogP contribution in [0.3, 0.4) is 0 Å². The van der Waals surface area contributed by atoms with Gasteiger partial charge in [0.25, 0.3) is 5.91 Å². The zero-order valence-corrected chi connectivity index (χ0v) is 15.2. The molecule has 1 amide bonds. The Morgan fingerprint density at radius 3 is 3.04 bits per heavy atom. The number of hydrogen-bond acceptors (Lipinski definition) is 5.